The Balaban J connectivity index is 1.65. The normalized spacial score (nSPS) is 22.0. The zero-order valence-electron chi connectivity index (χ0n) is 13.9. The number of rotatable bonds is 4. The number of fused-ring (bicyclic) bond motifs is 1. The SMILES string of the molecule is C[C@@]1(c2cccc(NS(=O)(=O)c3cnc4n3CCC4)c2)NC(=O)NC1=O. The van der Waals surface area contributed by atoms with Gasteiger partial charge in [0.15, 0.2) is 5.03 Å². The van der Waals surface area contributed by atoms with Crippen LogP contribution < -0.4 is 15.4 Å². The van der Waals surface area contributed by atoms with Gasteiger partial charge in [0, 0.05) is 18.7 Å². The minimum atomic E-state index is -3.82. The monoisotopic (exact) mass is 375 g/mol. The van der Waals surface area contributed by atoms with Gasteiger partial charge < -0.3 is 9.88 Å². The molecule has 4 rings (SSSR count). The number of carbonyl (C=O) groups excluding carboxylic acids is 2. The Kier molecular flexibility index (Phi) is 3.55. The van der Waals surface area contributed by atoms with Crippen LogP contribution in [0.4, 0.5) is 10.5 Å². The number of aromatic nitrogens is 2. The maximum atomic E-state index is 12.7. The van der Waals surface area contributed by atoms with Gasteiger partial charge in [0.05, 0.1) is 6.20 Å². The largest absolute Gasteiger partial charge is 0.322 e. The van der Waals surface area contributed by atoms with E-state index in [9.17, 15) is 18.0 Å². The molecule has 1 atom stereocenters. The highest BCUT2D eigenvalue weighted by atomic mass is 32.2. The summed E-state index contributed by atoms with van der Waals surface area (Å²) >= 11 is 0. The van der Waals surface area contributed by atoms with Crippen LogP contribution in [0.25, 0.3) is 0 Å². The van der Waals surface area contributed by atoms with E-state index in [0.717, 1.165) is 18.7 Å². The first-order valence-electron chi connectivity index (χ1n) is 8.11. The van der Waals surface area contributed by atoms with E-state index in [-0.39, 0.29) is 5.03 Å². The first-order valence-corrected chi connectivity index (χ1v) is 9.59. The molecular weight excluding hydrogens is 358 g/mol. The third-order valence-electron chi connectivity index (χ3n) is 4.70. The van der Waals surface area contributed by atoms with Crippen molar-refractivity contribution in [3.63, 3.8) is 0 Å². The molecule has 2 aromatic rings. The topological polar surface area (TPSA) is 122 Å². The second-order valence-corrected chi connectivity index (χ2v) is 8.12. The van der Waals surface area contributed by atoms with Crippen molar-refractivity contribution in [3.05, 3.63) is 41.9 Å². The summed E-state index contributed by atoms with van der Waals surface area (Å²) < 4.78 is 29.7. The van der Waals surface area contributed by atoms with Crippen molar-refractivity contribution in [3.8, 4) is 0 Å². The molecule has 3 N–H and O–H groups in total. The number of amides is 3. The van der Waals surface area contributed by atoms with Crippen molar-refractivity contribution in [2.75, 3.05) is 4.72 Å². The maximum Gasteiger partial charge on any atom is 0.322 e. The molecule has 1 aromatic heterocycles. The third-order valence-corrected chi connectivity index (χ3v) is 6.08. The average molecular weight is 375 g/mol. The smallest absolute Gasteiger partial charge is 0.320 e. The van der Waals surface area contributed by atoms with Crippen molar-refractivity contribution in [2.24, 2.45) is 0 Å². The lowest BCUT2D eigenvalue weighted by Crippen LogP contribution is -2.40. The fraction of sp³-hybridized carbons (Fsp3) is 0.312. The molecule has 1 saturated heterocycles. The number of nitrogens with one attached hydrogen (secondary N) is 3. The molecule has 1 fully saturated rings. The minimum Gasteiger partial charge on any atom is -0.320 e. The highest BCUT2D eigenvalue weighted by molar-refractivity contribution is 7.92. The molecule has 0 unspecified atom stereocenters. The number of urea groups is 1. The molecule has 26 heavy (non-hydrogen) atoms. The van der Waals surface area contributed by atoms with Gasteiger partial charge in [-0.2, -0.15) is 8.42 Å². The van der Waals surface area contributed by atoms with Gasteiger partial charge in [0.25, 0.3) is 15.9 Å². The molecule has 3 heterocycles. The summed E-state index contributed by atoms with van der Waals surface area (Å²) in [6.45, 7) is 2.18. The molecule has 2 aliphatic heterocycles. The van der Waals surface area contributed by atoms with Crippen LogP contribution in [0, 0.1) is 0 Å². The lowest BCUT2D eigenvalue weighted by atomic mass is 9.92. The third kappa shape index (κ3) is 2.53. The number of imidazole rings is 1. The number of nitrogens with zero attached hydrogens (tertiary/aromatic N) is 2. The number of hydrogen-bond donors (Lipinski definition) is 3. The van der Waals surface area contributed by atoms with Crippen LogP contribution in [0.2, 0.25) is 0 Å². The molecule has 0 spiro atoms. The van der Waals surface area contributed by atoms with E-state index in [1.54, 1.807) is 29.7 Å². The van der Waals surface area contributed by atoms with Crippen LogP contribution in [-0.4, -0.2) is 29.9 Å². The van der Waals surface area contributed by atoms with E-state index >= 15 is 0 Å². The number of aryl methyl sites for hydroxylation is 1. The molecule has 136 valence electrons. The predicted octanol–water partition coefficient (Wildman–Crippen LogP) is 0.685. The first kappa shape index (κ1) is 16.6. The zero-order chi connectivity index (χ0) is 18.5. The van der Waals surface area contributed by atoms with Gasteiger partial charge in [-0.15, -0.1) is 0 Å². The van der Waals surface area contributed by atoms with Gasteiger partial charge in [-0.05, 0) is 31.0 Å². The lowest BCUT2D eigenvalue weighted by Gasteiger charge is -2.21. The van der Waals surface area contributed by atoms with E-state index in [1.807, 2.05) is 0 Å². The van der Waals surface area contributed by atoms with Gasteiger partial charge in [-0.3, -0.25) is 14.8 Å². The van der Waals surface area contributed by atoms with Crippen LogP contribution in [0.1, 0.15) is 24.7 Å². The van der Waals surface area contributed by atoms with Crippen LogP contribution in [-0.2, 0) is 33.3 Å². The molecular formula is C16H17N5O4S. The molecule has 0 saturated carbocycles. The van der Waals surface area contributed by atoms with E-state index in [0.29, 0.717) is 17.8 Å². The summed E-state index contributed by atoms with van der Waals surface area (Å²) in [4.78, 5) is 27.7. The Labute approximate surface area is 149 Å². The van der Waals surface area contributed by atoms with E-state index < -0.39 is 27.5 Å². The standard InChI is InChI=1S/C16H17N5O4S/c1-16(14(22)18-15(23)19-16)10-4-2-5-11(8-10)20-26(24,25)13-9-17-12-6-3-7-21(12)13/h2,4-5,8-9,20H,3,6-7H2,1H3,(H2,18,19,22,23)/t16-/m0/s1. The molecule has 2 aliphatic rings. The summed E-state index contributed by atoms with van der Waals surface area (Å²) in [5.41, 5.74) is -0.484. The molecule has 3 amide bonds. The van der Waals surface area contributed by atoms with Crippen molar-refractivity contribution in [2.45, 2.75) is 36.9 Å². The Morgan fingerprint density at radius 2 is 2.12 bits per heavy atom. The fourth-order valence-electron chi connectivity index (χ4n) is 3.29. The minimum absolute atomic E-state index is 0.119. The Morgan fingerprint density at radius 3 is 2.85 bits per heavy atom. The summed E-state index contributed by atoms with van der Waals surface area (Å²) in [6.07, 6.45) is 2.99. The van der Waals surface area contributed by atoms with Gasteiger partial charge in [0.2, 0.25) is 0 Å². The number of sulfonamides is 1. The summed E-state index contributed by atoms with van der Waals surface area (Å²) in [7, 11) is -3.82. The summed E-state index contributed by atoms with van der Waals surface area (Å²) in [6, 6.07) is 5.80. The summed E-state index contributed by atoms with van der Waals surface area (Å²) in [5, 5.41) is 4.86. The van der Waals surface area contributed by atoms with Gasteiger partial charge in [-0.1, -0.05) is 12.1 Å². The Morgan fingerprint density at radius 1 is 1.31 bits per heavy atom. The van der Waals surface area contributed by atoms with E-state index in [2.05, 4.69) is 20.3 Å². The second kappa shape index (κ2) is 5.56. The highest BCUT2D eigenvalue weighted by Gasteiger charge is 2.43. The number of benzene rings is 1. The van der Waals surface area contributed by atoms with Gasteiger partial charge >= 0.3 is 6.03 Å². The van der Waals surface area contributed by atoms with Gasteiger partial charge in [0.1, 0.15) is 11.4 Å². The molecule has 10 heteroatoms. The van der Waals surface area contributed by atoms with Crippen LogP contribution in [0.15, 0.2) is 35.5 Å². The molecule has 9 nitrogen and oxygen atoms in total. The van der Waals surface area contributed by atoms with E-state index in [1.165, 1.54) is 12.3 Å². The molecule has 0 aliphatic carbocycles. The zero-order valence-corrected chi connectivity index (χ0v) is 14.8. The Hall–Kier alpha value is -2.88. The van der Waals surface area contributed by atoms with Crippen molar-refractivity contribution in [1.82, 2.24) is 20.2 Å². The lowest BCUT2D eigenvalue weighted by molar-refractivity contribution is -0.123. The van der Waals surface area contributed by atoms with Crippen molar-refractivity contribution >= 4 is 27.6 Å². The quantitative estimate of drug-likeness (QED) is 0.679. The number of hydrogen-bond acceptors (Lipinski definition) is 5. The predicted molar refractivity (Wildman–Crippen MR) is 91.8 cm³/mol. The van der Waals surface area contributed by atoms with Crippen molar-refractivity contribution in [1.29, 1.82) is 0 Å². The average Bonchev–Trinajstić information content (AvgIpc) is 3.22. The molecule has 0 radical (unpaired) electrons. The molecule has 1 aromatic carbocycles. The Bertz CT molecular complexity index is 1030. The van der Waals surface area contributed by atoms with Crippen LogP contribution >= 0.6 is 0 Å². The van der Waals surface area contributed by atoms with Crippen molar-refractivity contribution < 1.29 is 18.0 Å². The molecule has 0 bridgehead atoms. The fourth-order valence-corrected chi connectivity index (χ4v) is 4.51. The van der Waals surface area contributed by atoms with E-state index in [4.69, 9.17) is 0 Å². The number of anilines is 1. The summed E-state index contributed by atoms with van der Waals surface area (Å²) in [5.74, 6) is 0.271. The highest BCUT2D eigenvalue weighted by Crippen LogP contribution is 2.28. The second-order valence-electron chi connectivity index (χ2n) is 6.49. The maximum absolute atomic E-state index is 12.7. The van der Waals surface area contributed by atoms with Crippen LogP contribution in [0.3, 0.4) is 0 Å². The first-order chi connectivity index (χ1) is 12.3. The number of carbonyl (C=O) groups is 2. The van der Waals surface area contributed by atoms with Crippen LogP contribution in [0.5, 0.6) is 0 Å². The number of imide groups is 1. The van der Waals surface area contributed by atoms with Gasteiger partial charge in [-0.25, -0.2) is 9.78 Å².